The van der Waals surface area contributed by atoms with E-state index in [0.717, 1.165) is 30.9 Å². The van der Waals surface area contributed by atoms with Crippen LogP contribution in [0.3, 0.4) is 0 Å². The van der Waals surface area contributed by atoms with Crippen LogP contribution in [0.15, 0.2) is 24.4 Å². The van der Waals surface area contributed by atoms with Crippen molar-refractivity contribution < 1.29 is 0 Å². The van der Waals surface area contributed by atoms with Crippen molar-refractivity contribution in [1.29, 1.82) is 0 Å². The highest BCUT2D eigenvalue weighted by Gasteiger charge is 2.19. The van der Waals surface area contributed by atoms with Crippen LogP contribution in [0.4, 0.5) is 5.82 Å². The minimum Gasteiger partial charge on any atom is -0.358 e. The molecule has 0 unspecified atom stereocenters. The van der Waals surface area contributed by atoms with Crippen LogP contribution >= 0.6 is 0 Å². The van der Waals surface area contributed by atoms with Crippen LogP contribution in [0.25, 0.3) is 16.8 Å². The van der Waals surface area contributed by atoms with Crippen molar-refractivity contribution in [2.24, 2.45) is 0 Å². The molecule has 3 rings (SSSR count). The molecule has 3 heteroatoms. The zero-order chi connectivity index (χ0) is 19.0. The fourth-order valence-electron chi connectivity index (χ4n) is 4.19. The molecule has 1 aromatic carbocycles. The molecule has 0 amide bonds. The topological polar surface area (TPSA) is 20.5 Å². The number of aryl methyl sites for hydroxylation is 5. The minimum atomic E-state index is 1.00. The van der Waals surface area contributed by atoms with Gasteiger partial charge in [0.2, 0.25) is 0 Å². The number of benzene rings is 1. The van der Waals surface area contributed by atoms with Crippen molar-refractivity contribution in [3.05, 3.63) is 52.3 Å². The van der Waals surface area contributed by atoms with Gasteiger partial charge in [-0.2, -0.15) is 0 Å². The first-order valence-corrected chi connectivity index (χ1v) is 9.69. The summed E-state index contributed by atoms with van der Waals surface area (Å²) in [6.45, 7) is 17.4. The Labute approximate surface area is 157 Å². The molecule has 0 atom stereocenters. The van der Waals surface area contributed by atoms with E-state index in [1.807, 2.05) is 0 Å². The van der Waals surface area contributed by atoms with E-state index in [9.17, 15) is 0 Å². The fraction of sp³-hybridized carbons (Fsp3) is 0.435. The van der Waals surface area contributed by atoms with Gasteiger partial charge < -0.3 is 4.90 Å². The molecule has 2 heterocycles. The highest BCUT2D eigenvalue weighted by molar-refractivity contribution is 5.86. The number of hydrogen-bond donors (Lipinski definition) is 0. The minimum absolute atomic E-state index is 1.00. The molecule has 0 aliphatic carbocycles. The van der Waals surface area contributed by atoms with Crippen LogP contribution in [0.1, 0.15) is 48.2 Å². The first kappa shape index (κ1) is 18.5. The van der Waals surface area contributed by atoms with Crippen molar-refractivity contribution in [3.63, 3.8) is 0 Å². The summed E-state index contributed by atoms with van der Waals surface area (Å²) >= 11 is 0. The maximum absolute atomic E-state index is 4.95. The molecule has 0 fully saturated rings. The molecule has 3 aromatic rings. The smallest absolute Gasteiger partial charge is 0.146 e. The molecule has 2 aromatic heterocycles. The molecule has 0 aliphatic heterocycles. The van der Waals surface area contributed by atoms with Gasteiger partial charge in [-0.3, -0.25) is 4.40 Å². The third-order valence-corrected chi connectivity index (χ3v) is 5.16. The summed E-state index contributed by atoms with van der Waals surface area (Å²) in [5.41, 5.74) is 10.00. The lowest BCUT2D eigenvalue weighted by molar-refractivity contribution is 0.769. The molecule has 0 bridgehead atoms. The normalized spacial score (nSPS) is 11.3. The van der Waals surface area contributed by atoms with Crippen LogP contribution in [-0.2, 0) is 0 Å². The van der Waals surface area contributed by atoms with Gasteiger partial charge in [0.15, 0.2) is 0 Å². The SMILES string of the molecule is CCCN(CC)c1cc(C)nc2c(-c3c(C)cc(C)cc3C)c(C)cn12. The Balaban J connectivity index is 2.33. The average molecular weight is 350 g/mol. The number of anilines is 1. The number of rotatable bonds is 5. The zero-order valence-corrected chi connectivity index (χ0v) is 17.3. The number of fused-ring (bicyclic) bond motifs is 1. The van der Waals surface area contributed by atoms with Gasteiger partial charge in [-0.1, -0.05) is 24.6 Å². The van der Waals surface area contributed by atoms with Crippen LogP contribution in [0.5, 0.6) is 0 Å². The lowest BCUT2D eigenvalue weighted by Crippen LogP contribution is -2.25. The Kier molecular flexibility index (Phi) is 5.08. The number of aromatic nitrogens is 2. The summed E-state index contributed by atoms with van der Waals surface area (Å²) in [5, 5.41) is 0. The number of nitrogens with zero attached hydrogens (tertiary/aromatic N) is 3. The maximum Gasteiger partial charge on any atom is 0.146 e. The van der Waals surface area contributed by atoms with E-state index < -0.39 is 0 Å². The van der Waals surface area contributed by atoms with E-state index in [4.69, 9.17) is 4.98 Å². The standard InChI is InChI=1S/C23H31N3/c1-8-10-25(9-2)20-13-19(7)24-23-22(18(6)14-26(20)23)21-16(4)11-15(3)12-17(21)5/h11-14H,8-10H2,1-7H3. The van der Waals surface area contributed by atoms with Crippen LogP contribution in [0.2, 0.25) is 0 Å². The highest BCUT2D eigenvalue weighted by Crippen LogP contribution is 2.36. The molecule has 0 saturated heterocycles. The molecule has 26 heavy (non-hydrogen) atoms. The quantitative estimate of drug-likeness (QED) is 0.582. The predicted octanol–water partition coefficient (Wildman–Crippen LogP) is 5.78. The third kappa shape index (κ3) is 3.11. The number of hydrogen-bond acceptors (Lipinski definition) is 2. The van der Waals surface area contributed by atoms with Gasteiger partial charge in [0.1, 0.15) is 11.5 Å². The Hall–Kier alpha value is -2.29. The van der Waals surface area contributed by atoms with Crippen LogP contribution in [0, 0.1) is 34.6 Å². The second-order valence-electron chi connectivity index (χ2n) is 7.49. The Morgan fingerprint density at radius 1 is 0.885 bits per heavy atom. The van der Waals surface area contributed by atoms with Gasteiger partial charge >= 0.3 is 0 Å². The Morgan fingerprint density at radius 3 is 2.12 bits per heavy atom. The first-order chi connectivity index (χ1) is 12.4. The molecule has 0 spiro atoms. The van der Waals surface area contributed by atoms with Gasteiger partial charge in [-0.05, 0) is 70.2 Å². The van der Waals surface area contributed by atoms with Crippen molar-refractivity contribution in [2.75, 3.05) is 18.0 Å². The van der Waals surface area contributed by atoms with Crippen LogP contribution < -0.4 is 4.90 Å². The monoisotopic (exact) mass is 349 g/mol. The summed E-state index contributed by atoms with van der Waals surface area (Å²) in [6, 6.07) is 6.76. The second-order valence-corrected chi connectivity index (χ2v) is 7.49. The molecule has 0 saturated carbocycles. The summed E-state index contributed by atoms with van der Waals surface area (Å²) in [4.78, 5) is 7.40. The molecule has 0 aliphatic rings. The maximum atomic E-state index is 4.95. The fourth-order valence-corrected chi connectivity index (χ4v) is 4.19. The summed E-state index contributed by atoms with van der Waals surface area (Å²) < 4.78 is 2.29. The van der Waals surface area contributed by atoms with E-state index in [-0.39, 0.29) is 0 Å². The van der Waals surface area contributed by atoms with Gasteiger partial charge in [0.05, 0.1) is 0 Å². The van der Waals surface area contributed by atoms with E-state index >= 15 is 0 Å². The predicted molar refractivity (Wildman–Crippen MR) is 112 cm³/mol. The second kappa shape index (κ2) is 7.14. The van der Waals surface area contributed by atoms with E-state index in [1.165, 1.54) is 39.2 Å². The Bertz CT molecular complexity index is 927. The van der Waals surface area contributed by atoms with E-state index in [2.05, 4.69) is 82.2 Å². The van der Waals surface area contributed by atoms with Gasteiger partial charge in [0, 0.05) is 36.6 Å². The average Bonchev–Trinajstić information content (AvgIpc) is 2.88. The molecular formula is C23H31N3. The van der Waals surface area contributed by atoms with Crippen LogP contribution in [-0.4, -0.2) is 22.5 Å². The lowest BCUT2D eigenvalue weighted by atomic mass is 9.93. The molecule has 0 radical (unpaired) electrons. The molecule has 0 N–H and O–H groups in total. The van der Waals surface area contributed by atoms with Crippen molar-refractivity contribution >= 4 is 11.5 Å². The molecular weight excluding hydrogens is 318 g/mol. The molecule has 138 valence electrons. The largest absolute Gasteiger partial charge is 0.358 e. The van der Waals surface area contributed by atoms with Crippen molar-refractivity contribution in [3.8, 4) is 11.1 Å². The lowest BCUT2D eigenvalue weighted by Gasteiger charge is -2.24. The summed E-state index contributed by atoms with van der Waals surface area (Å²) in [5.74, 6) is 1.24. The van der Waals surface area contributed by atoms with Crippen molar-refractivity contribution in [2.45, 2.75) is 54.9 Å². The zero-order valence-electron chi connectivity index (χ0n) is 17.3. The summed E-state index contributed by atoms with van der Waals surface area (Å²) in [6.07, 6.45) is 3.39. The third-order valence-electron chi connectivity index (χ3n) is 5.16. The van der Waals surface area contributed by atoms with Gasteiger partial charge in [0.25, 0.3) is 0 Å². The van der Waals surface area contributed by atoms with E-state index in [1.54, 1.807) is 0 Å². The van der Waals surface area contributed by atoms with Crippen molar-refractivity contribution in [1.82, 2.24) is 9.38 Å². The molecule has 3 nitrogen and oxygen atoms in total. The van der Waals surface area contributed by atoms with Gasteiger partial charge in [-0.25, -0.2) is 4.98 Å². The first-order valence-electron chi connectivity index (χ1n) is 9.69. The van der Waals surface area contributed by atoms with Gasteiger partial charge in [-0.15, -0.1) is 0 Å². The summed E-state index contributed by atoms with van der Waals surface area (Å²) in [7, 11) is 0. The van der Waals surface area contributed by atoms with E-state index in [0.29, 0.717) is 0 Å². The highest BCUT2D eigenvalue weighted by atomic mass is 15.2. The Morgan fingerprint density at radius 2 is 1.54 bits per heavy atom.